The number of amides is 2. The lowest BCUT2D eigenvalue weighted by atomic mass is 10.0. The third-order valence-electron chi connectivity index (χ3n) is 4.67. The van der Waals surface area contributed by atoms with Gasteiger partial charge in [-0.25, -0.2) is 9.18 Å². The molecular formula is C23H17FN2O4. The van der Waals surface area contributed by atoms with Crippen molar-refractivity contribution < 1.29 is 23.5 Å². The summed E-state index contributed by atoms with van der Waals surface area (Å²) < 4.78 is 18.7. The molecule has 0 unspecified atom stereocenters. The third-order valence-corrected chi connectivity index (χ3v) is 4.67. The highest BCUT2D eigenvalue weighted by Crippen LogP contribution is 2.36. The summed E-state index contributed by atoms with van der Waals surface area (Å²) >= 11 is 0. The molecule has 1 N–H and O–H groups in total. The van der Waals surface area contributed by atoms with Crippen LogP contribution in [0.2, 0.25) is 0 Å². The van der Waals surface area contributed by atoms with Crippen LogP contribution in [0.5, 0.6) is 5.75 Å². The molecule has 1 aliphatic heterocycles. The normalized spacial score (nSPS) is 15.2. The summed E-state index contributed by atoms with van der Waals surface area (Å²) in [4.78, 5) is 39.7. The average molecular weight is 404 g/mol. The zero-order valence-corrected chi connectivity index (χ0v) is 15.7. The molecule has 0 spiro atoms. The van der Waals surface area contributed by atoms with Gasteiger partial charge in [0.2, 0.25) is 5.91 Å². The van der Waals surface area contributed by atoms with Gasteiger partial charge in [0.15, 0.2) is 5.75 Å². The molecule has 0 radical (unpaired) electrons. The number of hydrogen-bond acceptors (Lipinski definition) is 4. The van der Waals surface area contributed by atoms with Crippen molar-refractivity contribution in [2.45, 2.75) is 12.5 Å². The number of benzene rings is 3. The topological polar surface area (TPSA) is 75.7 Å². The van der Waals surface area contributed by atoms with Crippen molar-refractivity contribution in [1.29, 1.82) is 0 Å². The molecule has 1 aliphatic rings. The van der Waals surface area contributed by atoms with Gasteiger partial charge in [-0.1, -0.05) is 30.3 Å². The molecule has 3 aromatic rings. The Kier molecular flexibility index (Phi) is 5.26. The van der Waals surface area contributed by atoms with E-state index < -0.39 is 29.6 Å². The molecule has 30 heavy (non-hydrogen) atoms. The number of hydrogen-bond donors (Lipinski definition) is 1. The molecule has 0 bridgehead atoms. The number of anilines is 2. The summed E-state index contributed by atoms with van der Waals surface area (Å²) in [7, 11) is 0. The van der Waals surface area contributed by atoms with Crippen LogP contribution in [-0.2, 0) is 9.59 Å². The van der Waals surface area contributed by atoms with Crippen molar-refractivity contribution in [2.75, 3.05) is 10.2 Å². The van der Waals surface area contributed by atoms with Crippen LogP contribution in [0.4, 0.5) is 15.8 Å². The number of ether oxygens (including phenoxy) is 1. The minimum absolute atomic E-state index is 0.189. The van der Waals surface area contributed by atoms with Crippen molar-refractivity contribution in [3.63, 3.8) is 0 Å². The smallest absolute Gasteiger partial charge is 0.335 e. The van der Waals surface area contributed by atoms with Crippen LogP contribution >= 0.6 is 0 Å². The number of carbonyl (C=O) groups is 3. The molecular weight excluding hydrogens is 387 g/mol. The number of fused-ring (bicyclic) bond motifs is 1. The maximum atomic E-state index is 13.3. The number of carbonyl (C=O) groups excluding carboxylic acids is 3. The van der Waals surface area contributed by atoms with Crippen LogP contribution in [-0.4, -0.2) is 23.8 Å². The van der Waals surface area contributed by atoms with Crippen LogP contribution in [0.25, 0.3) is 0 Å². The van der Waals surface area contributed by atoms with E-state index in [-0.39, 0.29) is 17.7 Å². The Balaban J connectivity index is 1.66. The molecule has 0 fully saturated rings. The minimum Gasteiger partial charge on any atom is -0.423 e. The second-order valence-electron chi connectivity index (χ2n) is 6.70. The van der Waals surface area contributed by atoms with Crippen molar-refractivity contribution in [1.82, 2.24) is 0 Å². The lowest BCUT2D eigenvalue weighted by molar-refractivity contribution is -0.138. The van der Waals surface area contributed by atoms with Crippen LogP contribution in [0, 0.1) is 5.82 Å². The fourth-order valence-corrected chi connectivity index (χ4v) is 3.26. The predicted octanol–water partition coefficient (Wildman–Crippen LogP) is 3.79. The van der Waals surface area contributed by atoms with Gasteiger partial charge in [-0.3, -0.25) is 14.5 Å². The van der Waals surface area contributed by atoms with Gasteiger partial charge in [0.1, 0.15) is 11.9 Å². The molecule has 150 valence electrons. The molecule has 1 atom stereocenters. The van der Waals surface area contributed by atoms with Crippen molar-refractivity contribution in [2.24, 2.45) is 0 Å². The number of halogens is 1. The fraction of sp³-hybridized carbons (Fsp3) is 0.0870. The third kappa shape index (κ3) is 3.91. The zero-order chi connectivity index (χ0) is 21.1. The zero-order valence-electron chi connectivity index (χ0n) is 15.7. The first-order valence-corrected chi connectivity index (χ1v) is 9.27. The summed E-state index contributed by atoms with van der Waals surface area (Å²) in [5, 5.41) is 2.71. The summed E-state index contributed by atoms with van der Waals surface area (Å²) in [6, 6.07) is 19.2. The first-order valence-electron chi connectivity index (χ1n) is 9.27. The Morgan fingerprint density at radius 1 is 0.933 bits per heavy atom. The molecule has 3 aromatic carbocycles. The van der Waals surface area contributed by atoms with E-state index in [1.165, 1.54) is 29.2 Å². The molecule has 4 rings (SSSR count). The number of rotatable bonds is 4. The molecule has 0 saturated carbocycles. The van der Waals surface area contributed by atoms with Gasteiger partial charge in [0.25, 0.3) is 5.91 Å². The minimum atomic E-state index is -1.17. The van der Waals surface area contributed by atoms with E-state index in [4.69, 9.17) is 4.74 Å². The van der Waals surface area contributed by atoms with Gasteiger partial charge in [0.05, 0.1) is 12.1 Å². The number of nitrogens with zero attached hydrogens (tertiary/aromatic N) is 1. The van der Waals surface area contributed by atoms with Gasteiger partial charge in [-0.15, -0.1) is 0 Å². The average Bonchev–Trinajstić information content (AvgIpc) is 2.75. The lowest BCUT2D eigenvalue weighted by Crippen LogP contribution is -2.51. The van der Waals surface area contributed by atoms with Gasteiger partial charge in [-0.05, 0) is 48.5 Å². The van der Waals surface area contributed by atoms with E-state index in [0.717, 1.165) is 0 Å². The first-order chi connectivity index (χ1) is 14.5. The highest BCUT2D eigenvalue weighted by atomic mass is 19.1. The highest BCUT2D eigenvalue weighted by molar-refractivity contribution is 6.12. The van der Waals surface area contributed by atoms with Crippen molar-refractivity contribution in [3.05, 3.63) is 90.2 Å². The summed E-state index contributed by atoms with van der Waals surface area (Å²) in [6.07, 6.45) is -0.297. The van der Waals surface area contributed by atoms with E-state index in [2.05, 4.69) is 5.32 Å². The number of nitrogens with one attached hydrogen (secondary N) is 1. The van der Waals surface area contributed by atoms with Gasteiger partial charge < -0.3 is 10.1 Å². The van der Waals surface area contributed by atoms with Crippen LogP contribution < -0.4 is 15.0 Å². The monoisotopic (exact) mass is 404 g/mol. The van der Waals surface area contributed by atoms with Gasteiger partial charge in [-0.2, -0.15) is 0 Å². The Labute approximate surface area is 171 Å². The largest absolute Gasteiger partial charge is 0.423 e. The van der Waals surface area contributed by atoms with E-state index in [9.17, 15) is 18.8 Å². The SMILES string of the molecule is O=C(C[C@H]1C(=O)Oc2ccccc2N1C(=O)c1ccc(F)cc1)Nc1ccccc1. The Hall–Kier alpha value is -4.00. The first kappa shape index (κ1) is 19.3. The van der Waals surface area contributed by atoms with Gasteiger partial charge in [0, 0.05) is 11.3 Å². The molecule has 6 nitrogen and oxygen atoms in total. The van der Waals surface area contributed by atoms with E-state index in [0.29, 0.717) is 11.4 Å². The maximum Gasteiger partial charge on any atom is 0.335 e. The summed E-state index contributed by atoms with van der Waals surface area (Å²) in [5.74, 6) is -1.95. The second kappa shape index (κ2) is 8.16. The van der Waals surface area contributed by atoms with E-state index >= 15 is 0 Å². The second-order valence-corrected chi connectivity index (χ2v) is 6.70. The Bertz CT molecular complexity index is 1100. The molecule has 7 heteroatoms. The van der Waals surface area contributed by atoms with Crippen molar-refractivity contribution >= 4 is 29.2 Å². The maximum absolute atomic E-state index is 13.3. The predicted molar refractivity (Wildman–Crippen MR) is 109 cm³/mol. The Morgan fingerprint density at radius 3 is 2.33 bits per heavy atom. The molecule has 0 aromatic heterocycles. The summed E-state index contributed by atoms with van der Waals surface area (Å²) in [6.45, 7) is 0. The quantitative estimate of drug-likeness (QED) is 0.530. The van der Waals surface area contributed by atoms with Crippen LogP contribution in [0.3, 0.4) is 0 Å². The van der Waals surface area contributed by atoms with Crippen molar-refractivity contribution in [3.8, 4) is 5.75 Å². The van der Waals surface area contributed by atoms with E-state index in [1.54, 1.807) is 48.5 Å². The molecule has 0 saturated heterocycles. The standard InChI is InChI=1S/C23H17FN2O4/c24-16-12-10-15(11-13-16)22(28)26-18-8-4-5-9-20(18)30-23(29)19(26)14-21(27)25-17-6-2-1-3-7-17/h1-13,19H,14H2,(H,25,27)/t19-/m0/s1. The molecule has 2 amide bonds. The van der Waals surface area contributed by atoms with Crippen LogP contribution in [0.15, 0.2) is 78.9 Å². The van der Waals surface area contributed by atoms with Gasteiger partial charge >= 0.3 is 5.97 Å². The Morgan fingerprint density at radius 2 is 1.60 bits per heavy atom. The van der Waals surface area contributed by atoms with E-state index in [1.807, 2.05) is 6.07 Å². The lowest BCUT2D eigenvalue weighted by Gasteiger charge is -2.35. The fourth-order valence-electron chi connectivity index (χ4n) is 3.26. The molecule has 0 aliphatic carbocycles. The highest BCUT2D eigenvalue weighted by Gasteiger charge is 2.40. The summed E-state index contributed by atoms with van der Waals surface area (Å²) in [5.41, 5.74) is 1.13. The molecule has 1 heterocycles. The number of esters is 1. The number of para-hydroxylation sites is 3. The van der Waals surface area contributed by atoms with Crippen LogP contribution in [0.1, 0.15) is 16.8 Å².